The van der Waals surface area contributed by atoms with Crippen molar-refractivity contribution in [1.82, 2.24) is 5.32 Å². The van der Waals surface area contributed by atoms with Crippen LogP contribution in [0.5, 0.6) is 0 Å². The minimum absolute atomic E-state index is 0.0219. The monoisotopic (exact) mass is 362 g/mol. The fourth-order valence-electron chi connectivity index (χ4n) is 3.36. The van der Waals surface area contributed by atoms with Crippen molar-refractivity contribution >= 4 is 22.4 Å². The minimum atomic E-state index is -0.0219. The molecule has 0 saturated carbocycles. The number of hydrogen-bond donors (Lipinski definition) is 1. The van der Waals surface area contributed by atoms with E-state index in [0.29, 0.717) is 13.2 Å². The standard InChI is InChI=1S/C23H26N2O2/c1-3-25(22-15-9-13-18-10-7-8-14-20(18)22)23(26)16-24-21(17-27-2)19-11-5-4-6-12-19/h4-15,21,24H,3,16-17H2,1-2H3. The van der Waals surface area contributed by atoms with Gasteiger partial charge in [-0.3, -0.25) is 10.1 Å². The third-order valence-corrected chi connectivity index (χ3v) is 4.71. The zero-order valence-corrected chi connectivity index (χ0v) is 15.9. The van der Waals surface area contributed by atoms with Crippen LogP contribution in [-0.4, -0.2) is 32.7 Å². The van der Waals surface area contributed by atoms with Crippen molar-refractivity contribution in [2.24, 2.45) is 0 Å². The van der Waals surface area contributed by atoms with Crippen molar-refractivity contribution in [3.8, 4) is 0 Å². The summed E-state index contributed by atoms with van der Waals surface area (Å²) in [4.78, 5) is 14.8. The molecule has 0 heterocycles. The van der Waals surface area contributed by atoms with Crippen LogP contribution in [0.25, 0.3) is 10.8 Å². The number of rotatable bonds is 8. The van der Waals surface area contributed by atoms with Crippen molar-refractivity contribution in [3.05, 3.63) is 78.4 Å². The number of likely N-dealkylation sites (N-methyl/N-ethyl adjacent to an activating group) is 1. The molecule has 4 heteroatoms. The van der Waals surface area contributed by atoms with Gasteiger partial charge in [-0.15, -0.1) is 0 Å². The number of carbonyl (C=O) groups excluding carboxylic acids is 1. The number of amides is 1. The highest BCUT2D eigenvalue weighted by Crippen LogP contribution is 2.26. The first-order valence-corrected chi connectivity index (χ1v) is 9.30. The van der Waals surface area contributed by atoms with Crippen molar-refractivity contribution in [2.45, 2.75) is 13.0 Å². The van der Waals surface area contributed by atoms with E-state index >= 15 is 0 Å². The summed E-state index contributed by atoms with van der Waals surface area (Å²) < 4.78 is 5.33. The van der Waals surface area contributed by atoms with Gasteiger partial charge in [0.25, 0.3) is 0 Å². The number of nitrogens with zero attached hydrogens (tertiary/aromatic N) is 1. The molecular formula is C23H26N2O2. The third kappa shape index (κ3) is 4.54. The van der Waals surface area contributed by atoms with E-state index in [0.717, 1.165) is 22.0 Å². The van der Waals surface area contributed by atoms with Crippen molar-refractivity contribution < 1.29 is 9.53 Å². The molecule has 1 unspecified atom stereocenters. The largest absolute Gasteiger partial charge is 0.383 e. The molecule has 4 nitrogen and oxygen atoms in total. The molecule has 1 atom stereocenters. The van der Waals surface area contributed by atoms with Gasteiger partial charge < -0.3 is 9.64 Å². The molecule has 1 N–H and O–H groups in total. The van der Waals surface area contributed by atoms with E-state index in [1.54, 1.807) is 7.11 Å². The fraction of sp³-hybridized carbons (Fsp3) is 0.261. The van der Waals surface area contributed by atoms with Gasteiger partial charge in [-0.1, -0.05) is 66.7 Å². The maximum absolute atomic E-state index is 13.0. The Morgan fingerprint density at radius 1 is 1.00 bits per heavy atom. The van der Waals surface area contributed by atoms with E-state index in [1.807, 2.05) is 66.4 Å². The smallest absolute Gasteiger partial charge is 0.240 e. The number of ether oxygens (including phenoxy) is 1. The van der Waals surface area contributed by atoms with E-state index < -0.39 is 0 Å². The fourth-order valence-corrected chi connectivity index (χ4v) is 3.36. The Morgan fingerprint density at radius 2 is 1.70 bits per heavy atom. The average Bonchev–Trinajstić information content (AvgIpc) is 2.72. The molecule has 0 bridgehead atoms. The molecule has 3 aromatic rings. The molecule has 3 rings (SSSR count). The molecule has 0 saturated heterocycles. The summed E-state index contributed by atoms with van der Waals surface area (Å²) in [5, 5.41) is 5.58. The highest BCUT2D eigenvalue weighted by Gasteiger charge is 2.18. The lowest BCUT2D eigenvalue weighted by molar-refractivity contribution is -0.117. The maximum atomic E-state index is 13.0. The number of carbonyl (C=O) groups is 1. The number of anilines is 1. The van der Waals surface area contributed by atoms with Crippen molar-refractivity contribution in [1.29, 1.82) is 0 Å². The van der Waals surface area contributed by atoms with Crippen LogP contribution in [0.4, 0.5) is 5.69 Å². The van der Waals surface area contributed by atoms with Gasteiger partial charge in [0, 0.05) is 19.0 Å². The van der Waals surface area contributed by atoms with Crippen molar-refractivity contribution in [3.63, 3.8) is 0 Å². The molecule has 1 amide bonds. The second kappa shape index (κ2) is 9.31. The SMILES string of the molecule is CCN(C(=O)CNC(COC)c1ccccc1)c1cccc2ccccc12. The van der Waals surface area contributed by atoms with Crippen LogP contribution < -0.4 is 10.2 Å². The highest BCUT2D eigenvalue weighted by atomic mass is 16.5. The van der Waals surface area contributed by atoms with E-state index in [1.165, 1.54) is 0 Å². The van der Waals surface area contributed by atoms with Crippen LogP contribution in [0.1, 0.15) is 18.5 Å². The normalized spacial score (nSPS) is 12.1. The Morgan fingerprint density at radius 3 is 2.44 bits per heavy atom. The van der Waals surface area contributed by atoms with Crippen LogP contribution in [0, 0.1) is 0 Å². The first-order chi connectivity index (χ1) is 13.2. The quantitative estimate of drug-likeness (QED) is 0.654. The Bertz CT molecular complexity index is 874. The van der Waals surface area contributed by atoms with Gasteiger partial charge in [-0.2, -0.15) is 0 Å². The molecule has 0 aromatic heterocycles. The van der Waals surface area contributed by atoms with E-state index in [-0.39, 0.29) is 18.5 Å². The summed E-state index contributed by atoms with van der Waals surface area (Å²) in [7, 11) is 1.67. The Labute approximate surface area is 160 Å². The summed E-state index contributed by atoms with van der Waals surface area (Å²) in [6, 6.07) is 24.3. The van der Waals surface area contributed by atoms with Crippen LogP contribution in [-0.2, 0) is 9.53 Å². The number of nitrogens with one attached hydrogen (secondary N) is 1. The van der Waals surface area contributed by atoms with Crippen LogP contribution >= 0.6 is 0 Å². The number of methoxy groups -OCH3 is 1. The molecule has 0 aliphatic rings. The second-order valence-corrected chi connectivity index (χ2v) is 6.44. The van der Waals surface area contributed by atoms with Gasteiger partial charge in [0.1, 0.15) is 0 Å². The molecule has 0 radical (unpaired) electrons. The highest BCUT2D eigenvalue weighted by molar-refractivity contribution is 6.04. The molecular weight excluding hydrogens is 336 g/mol. The summed E-state index contributed by atoms with van der Waals surface area (Å²) >= 11 is 0. The summed E-state index contributed by atoms with van der Waals surface area (Å²) in [6.07, 6.45) is 0. The third-order valence-electron chi connectivity index (χ3n) is 4.71. The van der Waals surface area contributed by atoms with Crippen LogP contribution in [0.15, 0.2) is 72.8 Å². The maximum Gasteiger partial charge on any atom is 0.240 e. The topological polar surface area (TPSA) is 41.6 Å². The van der Waals surface area contributed by atoms with Crippen molar-refractivity contribution in [2.75, 3.05) is 31.7 Å². The van der Waals surface area contributed by atoms with Gasteiger partial charge in [0.15, 0.2) is 0 Å². The average molecular weight is 362 g/mol. The second-order valence-electron chi connectivity index (χ2n) is 6.44. The predicted molar refractivity (Wildman–Crippen MR) is 111 cm³/mol. The van der Waals surface area contributed by atoms with E-state index in [2.05, 4.69) is 23.5 Å². The van der Waals surface area contributed by atoms with E-state index in [4.69, 9.17) is 4.74 Å². The Hall–Kier alpha value is -2.69. The molecule has 0 spiro atoms. The number of benzene rings is 3. The summed E-state index contributed by atoms with van der Waals surface area (Å²) in [5.41, 5.74) is 2.06. The molecule has 3 aromatic carbocycles. The van der Waals surface area contributed by atoms with Gasteiger partial charge in [-0.25, -0.2) is 0 Å². The first kappa shape index (κ1) is 19.1. The molecule has 0 fully saturated rings. The molecule has 27 heavy (non-hydrogen) atoms. The Kier molecular flexibility index (Phi) is 6.58. The number of hydrogen-bond acceptors (Lipinski definition) is 3. The lowest BCUT2D eigenvalue weighted by Crippen LogP contribution is -2.40. The molecule has 140 valence electrons. The minimum Gasteiger partial charge on any atom is -0.383 e. The number of fused-ring (bicyclic) bond motifs is 1. The molecule has 0 aliphatic carbocycles. The zero-order chi connectivity index (χ0) is 19.1. The van der Waals surface area contributed by atoms with Crippen LogP contribution in [0.3, 0.4) is 0 Å². The zero-order valence-electron chi connectivity index (χ0n) is 15.9. The summed E-state index contributed by atoms with van der Waals surface area (Å²) in [6.45, 7) is 3.38. The van der Waals surface area contributed by atoms with Crippen LogP contribution in [0.2, 0.25) is 0 Å². The summed E-state index contributed by atoms with van der Waals surface area (Å²) in [5.74, 6) is 0.0471. The predicted octanol–water partition coefficient (Wildman–Crippen LogP) is 4.17. The van der Waals surface area contributed by atoms with Gasteiger partial charge >= 0.3 is 0 Å². The van der Waals surface area contributed by atoms with E-state index in [9.17, 15) is 4.79 Å². The Balaban J connectivity index is 1.77. The van der Waals surface area contributed by atoms with Gasteiger partial charge in [0.2, 0.25) is 5.91 Å². The lowest BCUT2D eigenvalue weighted by atomic mass is 10.1. The lowest BCUT2D eigenvalue weighted by Gasteiger charge is -2.25. The van der Waals surface area contributed by atoms with Gasteiger partial charge in [0.05, 0.1) is 24.9 Å². The molecule has 0 aliphatic heterocycles. The van der Waals surface area contributed by atoms with Gasteiger partial charge in [-0.05, 0) is 23.9 Å². The first-order valence-electron chi connectivity index (χ1n) is 9.30.